The van der Waals surface area contributed by atoms with Crippen LogP contribution < -0.4 is 4.74 Å². The van der Waals surface area contributed by atoms with Gasteiger partial charge in [0.15, 0.2) is 5.89 Å². The Hall–Kier alpha value is -2.71. The number of nitrogens with zero attached hydrogens (tertiary/aromatic N) is 3. The minimum Gasteiger partial charge on any atom is -0.497 e. The van der Waals surface area contributed by atoms with Crippen molar-refractivity contribution < 1.29 is 17.6 Å². The van der Waals surface area contributed by atoms with Crippen molar-refractivity contribution in [2.75, 3.05) is 20.2 Å². The molecular weight excluding hydrogens is 390 g/mol. The van der Waals surface area contributed by atoms with Gasteiger partial charge in [0, 0.05) is 37.8 Å². The molecule has 29 heavy (non-hydrogen) atoms. The van der Waals surface area contributed by atoms with Crippen LogP contribution in [0.15, 0.2) is 64.3 Å². The molecule has 0 bridgehead atoms. The molecule has 1 aliphatic heterocycles. The number of rotatable bonds is 6. The molecule has 3 aromatic rings. The third kappa shape index (κ3) is 4.33. The summed E-state index contributed by atoms with van der Waals surface area (Å²) >= 11 is 0. The van der Waals surface area contributed by atoms with Crippen LogP contribution in [0.2, 0.25) is 0 Å². The highest BCUT2D eigenvalue weighted by Gasteiger charge is 2.33. The lowest BCUT2D eigenvalue weighted by Crippen LogP contribution is -2.39. The number of oxazole rings is 1. The summed E-state index contributed by atoms with van der Waals surface area (Å²) in [4.78, 5) is 8.58. The molecule has 4 rings (SSSR count). The molecule has 3 heterocycles. The van der Waals surface area contributed by atoms with Crippen LogP contribution in [0.5, 0.6) is 5.75 Å². The molecule has 0 radical (unpaired) electrons. The van der Waals surface area contributed by atoms with Gasteiger partial charge < -0.3 is 9.15 Å². The van der Waals surface area contributed by atoms with Gasteiger partial charge in [-0.2, -0.15) is 4.31 Å². The maximum absolute atomic E-state index is 12.9. The van der Waals surface area contributed by atoms with Crippen molar-refractivity contribution in [3.8, 4) is 5.75 Å². The third-order valence-electron chi connectivity index (χ3n) is 5.11. The van der Waals surface area contributed by atoms with E-state index in [0.29, 0.717) is 25.4 Å². The standard InChI is InChI=1S/C21H23N3O4S/c1-27-18-8-6-16(7-9-18)12-19-13-23-21(28-19)17-4-3-11-24(15-17)29(25,26)20-5-2-10-22-14-20/h2,5-10,13-14,17H,3-4,11-12,15H2,1H3/t17-/m1/s1. The SMILES string of the molecule is COc1ccc(Cc2cnc([C@@H]3CCCN(S(=O)(=O)c4cccnc4)C3)o2)cc1. The Labute approximate surface area is 170 Å². The van der Waals surface area contributed by atoms with Crippen molar-refractivity contribution in [1.82, 2.24) is 14.3 Å². The average Bonchev–Trinajstić information content (AvgIpc) is 3.23. The van der Waals surface area contributed by atoms with Crippen LogP contribution in [0.3, 0.4) is 0 Å². The second kappa shape index (κ2) is 8.34. The first-order valence-corrected chi connectivity index (χ1v) is 11.0. The molecule has 0 aliphatic carbocycles. The van der Waals surface area contributed by atoms with Gasteiger partial charge in [0.05, 0.1) is 13.3 Å². The van der Waals surface area contributed by atoms with Gasteiger partial charge in [-0.25, -0.2) is 13.4 Å². The predicted molar refractivity (Wildman–Crippen MR) is 107 cm³/mol. The van der Waals surface area contributed by atoms with Crippen molar-refractivity contribution >= 4 is 10.0 Å². The fraction of sp³-hybridized carbons (Fsp3) is 0.333. The van der Waals surface area contributed by atoms with E-state index in [2.05, 4.69) is 9.97 Å². The molecule has 2 aromatic heterocycles. The molecule has 1 saturated heterocycles. The third-order valence-corrected chi connectivity index (χ3v) is 6.96. The molecule has 1 fully saturated rings. The Morgan fingerprint density at radius 1 is 1.21 bits per heavy atom. The molecule has 0 unspecified atom stereocenters. The van der Waals surface area contributed by atoms with Crippen LogP contribution in [0.4, 0.5) is 0 Å². The Balaban J connectivity index is 1.46. The van der Waals surface area contributed by atoms with E-state index in [1.54, 1.807) is 31.6 Å². The molecule has 8 heteroatoms. The van der Waals surface area contributed by atoms with Gasteiger partial charge in [-0.05, 0) is 42.7 Å². The highest BCUT2D eigenvalue weighted by atomic mass is 32.2. The fourth-order valence-corrected chi connectivity index (χ4v) is 5.04. The van der Waals surface area contributed by atoms with Gasteiger partial charge in [0.1, 0.15) is 16.4 Å². The van der Waals surface area contributed by atoms with Crippen LogP contribution in [0, 0.1) is 0 Å². The summed E-state index contributed by atoms with van der Waals surface area (Å²) in [5.74, 6) is 2.11. The van der Waals surface area contributed by atoms with E-state index < -0.39 is 10.0 Å². The van der Waals surface area contributed by atoms with Crippen LogP contribution in [0.1, 0.15) is 36.0 Å². The molecule has 0 amide bonds. The largest absolute Gasteiger partial charge is 0.497 e. The highest BCUT2D eigenvalue weighted by Crippen LogP contribution is 2.30. The van der Waals surface area contributed by atoms with Gasteiger partial charge in [0.25, 0.3) is 0 Å². The zero-order valence-electron chi connectivity index (χ0n) is 16.2. The van der Waals surface area contributed by atoms with Crippen molar-refractivity contribution in [3.05, 3.63) is 72.2 Å². The minimum absolute atomic E-state index is 0.0557. The lowest BCUT2D eigenvalue weighted by atomic mass is 10.00. The summed E-state index contributed by atoms with van der Waals surface area (Å²) in [7, 11) is -1.92. The highest BCUT2D eigenvalue weighted by molar-refractivity contribution is 7.89. The van der Waals surface area contributed by atoms with Crippen LogP contribution in [-0.4, -0.2) is 42.9 Å². The molecule has 1 aliphatic rings. The quantitative estimate of drug-likeness (QED) is 0.617. The summed E-state index contributed by atoms with van der Waals surface area (Å²) in [6.45, 7) is 0.854. The van der Waals surface area contributed by atoms with Crippen molar-refractivity contribution in [2.45, 2.75) is 30.1 Å². The van der Waals surface area contributed by atoms with E-state index in [9.17, 15) is 8.42 Å². The average molecular weight is 413 g/mol. The number of sulfonamides is 1. The van der Waals surface area contributed by atoms with Gasteiger partial charge in [0.2, 0.25) is 10.0 Å². The van der Waals surface area contributed by atoms with Gasteiger partial charge in [-0.1, -0.05) is 12.1 Å². The number of aromatic nitrogens is 2. The maximum atomic E-state index is 12.9. The zero-order chi connectivity index (χ0) is 20.3. The molecule has 152 valence electrons. The van der Waals surface area contributed by atoms with Gasteiger partial charge >= 0.3 is 0 Å². The Bertz CT molecular complexity index is 1050. The summed E-state index contributed by atoms with van der Waals surface area (Å²) in [6.07, 6.45) is 6.92. The Kier molecular flexibility index (Phi) is 5.64. The lowest BCUT2D eigenvalue weighted by molar-refractivity contribution is 0.281. The topological polar surface area (TPSA) is 85.5 Å². The fourth-order valence-electron chi connectivity index (χ4n) is 3.55. The van der Waals surface area contributed by atoms with Gasteiger partial charge in [-0.3, -0.25) is 4.98 Å². The Morgan fingerprint density at radius 2 is 2.03 bits per heavy atom. The maximum Gasteiger partial charge on any atom is 0.244 e. The first-order valence-electron chi connectivity index (χ1n) is 9.54. The minimum atomic E-state index is -3.56. The van der Waals surface area contributed by atoms with Crippen molar-refractivity contribution in [2.24, 2.45) is 0 Å². The van der Waals surface area contributed by atoms with E-state index in [0.717, 1.165) is 29.9 Å². The van der Waals surface area contributed by atoms with Crippen LogP contribution in [-0.2, 0) is 16.4 Å². The summed E-state index contributed by atoms with van der Waals surface area (Å²) in [5, 5.41) is 0. The molecule has 1 atom stereocenters. The summed E-state index contributed by atoms with van der Waals surface area (Å²) in [6, 6.07) is 11.0. The first kappa shape index (κ1) is 19.6. The van der Waals surface area contributed by atoms with E-state index in [1.165, 1.54) is 10.5 Å². The molecule has 7 nitrogen and oxygen atoms in total. The Morgan fingerprint density at radius 3 is 2.76 bits per heavy atom. The van der Waals surface area contributed by atoms with Crippen LogP contribution >= 0.6 is 0 Å². The van der Waals surface area contributed by atoms with Crippen LogP contribution in [0.25, 0.3) is 0 Å². The number of hydrogen-bond acceptors (Lipinski definition) is 6. The predicted octanol–water partition coefficient (Wildman–Crippen LogP) is 3.24. The van der Waals surface area contributed by atoms with Gasteiger partial charge in [-0.15, -0.1) is 0 Å². The smallest absolute Gasteiger partial charge is 0.244 e. The second-order valence-electron chi connectivity index (χ2n) is 7.08. The van der Waals surface area contributed by atoms with Crippen molar-refractivity contribution in [3.63, 3.8) is 0 Å². The van der Waals surface area contributed by atoms with E-state index >= 15 is 0 Å². The van der Waals surface area contributed by atoms with E-state index in [-0.39, 0.29) is 10.8 Å². The van der Waals surface area contributed by atoms with Crippen molar-refractivity contribution in [1.29, 1.82) is 0 Å². The summed E-state index contributed by atoms with van der Waals surface area (Å²) in [5.41, 5.74) is 1.10. The lowest BCUT2D eigenvalue weighted by Gasteiger charge is -2.30. The van der Waals surface area contributed by atoms with E-state index in [4.69, 9.17) is 9.15 Å². The first-order chi connectivity index (χ1) is 14.1. The molecule has 0 saturated carbocycles. The zero-order valence-corrected chi connectivity index (χ0v) is 17.0. The number of ether oxygens (including phenoxy) is 1. The number of piperidine rings is 1. The number of hydrogen-bond donors (Lipinski definition) is 0. The molecule has 0 spiro atoms. The monoisotopic (exact) mass is 413 g/mol. The number of pyridine rings is 1. The summed E-state index contributed by atoms with van der Waals surface area (Å²) < 4.78 is 38.4. The normalized spacial score (nSPS) is 17.9. The second-order valence-corrected chi connectivity index (χ2v) is 9.02. The number of benzene rings is 1. The number of methoxy groups -OCH3 is 1. The molecule has 0 N–H and O–H groups in total. The van der Waals surface area contributed by atoms with E-state index in [1.807, 2.05) is 24.3 Å². The molecular formula is C21H23N3O4S. The molecule has 1 aromatic carbocycles.